The molecule has 0 amide bonds. The highest BCUT2D eigenvalue weighted by Gasteiger charge is 2.25. The second-order valence-electron chi connectivity index (χ2n) is 2.90. The Balaban J connectivity index is 2.38. The molecule has 1 aliphatic rings. The predicted molar refractivity (Wildman–Crippen MR) is 52.7 cm³/mol. The minimum atomic E-state index is -2.83. The quantitative estimate of drug-likeness (QED) is 0.349. The van der Waals surface area contributed by atoms with Gasteiger partial charge in [-0.1, -0.05) is 0 Å². The van der Waals surface area contributed by atoms with Crippen LogP contribution < -0.4 is 11.3 Å². The maximum absolute atomic E-state index is 11.0. The first-order chi connectivity index (χ1) is 6.03. The molecule has 0 bridgehead atoms. The maximum atomic E-state index is 11.0. The van der Waals surface area contributed by atoms with Gasteiger partial charge in [0.25, 0.3) is 5.17 Å². The van der Waals surface area contributed by atoms with E-state index in [2.05, 4.69) is 17.6 Å². The van der Waals surface area contributed by atoms with Crippen LogP contribution in [-0.4, -0.2) is 31.2 Å². The number of ether oxygens (including phenoxy) is 1. The van der Waals surface area contributed by atoms with E-state index in [0.717, 1.165) is 0 Å². The number of sulfone groups is 1. The van der Waals surface area contributed by atoms with Gasteiger partial charge >= 0.3 is 0 Å². The standard InChI is InChI=1S/C6H12N2O3S2/c7-8-6(12)11-5-1-3-13(9,10)4-2-5/h5H,1-4,7H2,(H,8,12). The molecule has 0 aliphatic carbocycles. The SMILES string of the molecule is NNC(=S)OC1CCS(=O)(=O)CC1. The Hall–Kier alpha value is -0.400. The molecule has 0 aromatic heterocycles. The Morgan fingerprint density at radius 1 is 1.46 bits per heavy atom. The fourth-order valence-corrected chi connectivity index (χ4v) is 2.76. The van der Waals surface area contributed by atoms with Crippen LogP contribution in [0.5, 0.6) is 0 Å². The van der Waals surface area contributed by atoms with Gasteiger partial charge in [0.2, 0.25) is 0 Å². The Morgan fingerprint density at radius 2 is 2.00 bits per heavy atom. The highest BCUT2D eigenvalue weighted by molar-refractivity contribution is 7.91. The normalized spacial score (nSPS) is 22.2. The van der Waals surface area contributed by atoms with Gasteiger partial charge in [0.15, 0.2) is 9.84 Å². The van der Waals surface area contributed by atoms with E-state index in [4.69, 9.17) is 10.6 Å². The molecular formula is C6H12N2O3S2. The van der Waals surface area contributed by atoms with Gasteiger partial charge in [0, 0.05) is 0 Å². The van der Waals surface area contributed by atoms with E-state index < -0.39 is 9.84 Å². The average Bonchev–Trinajstić information content (AvgIpc) is 2.08. The van der Waals surface area contributed by atoms with Gasteiger partial charge < -0.3 is 4.74 Å². The van der Waals surface area contributed by atoms with E-state index in [-0.39, 0.29) is 22.8 Å². The van der Waals surface area contributed by atoms with E-state index in [9.17, 15) is 8.42 Å². The zero-order valence-electron chi connectivity index (χ0n) is 7.02. The number of hydrogen-bond donors (Lipinski definition) is 2. The van der Waals surface area contributed by atoms with Crippen LogP contribution in [0.4, 0.5) is 0 Å². The van der Waals surface area contributed by atoms with Crippen molar-refractivity contribution in [3.05, 3.63) is 0 Å². The van der Waals surface area contributed by atoms with E-state index in [1.54, 1.807) is 0 Å². The molecule has 3 N–H and O–H groups in total. The van der Waals surface area contributed by atoms with Gasteiger partial charge in [-0.3, -0.25) is 5.43 Å². The minimum Gasteiger partial charge on any atom is -0.467 e. The Labute approximate surface area is 82.5 Å². The molecule has 0 atom stereocenters. The highest BCUT2D eigenvalue weighted by Crippen LogP contribution is 2.15. The third-order valence-corrected chi connectivity index (χ3v) is 3.82. The first-order valence-electron chi connectivity index (χ1n) is 3.91. The maximum Gasteiger partial charge on any atom is 0.271 e. The van der Waals surface area contributed by atoms with Crippen LogP contribution in [-0.2, 0) is 14.6 Å². The summed E-state index contributed by atoms with van der Waals surface area (Å²) in [5.74, 6) is 5.35. The largest absolute Gasteiger partial charge is 0.467 e. The lowest BCUT2D eigenvalue weighted by atomic mass is 10.2. The molecule has 0 aromatic carbocycles. The Bertz CT molecular complexity index is 274. The summed E-state index contributed by atoms with van der Waals surface area (Å²) in [5.41, 5.74) is 2.19. The zero-order chi connectivity index (χ0) is 9.90. The molecule has 0 radical (unpaired) electrons. The smallest absolute Gasteiger partial charge is 0.271 e. The van der Waals surface area contributed by atoms with E-state index in [1.807, 2.05) is 0 Å². The molecule has 5 nitrogen and oxygen atoms in total. The van der Waals surface area contributed by atoms with Crippen molar-refractivity contribution < 1.29 is 13.2 Å². The van der Waals surface area contributed by atoms with Gasteiger partial charge in [0.1, 0.15) is 6.10 Å². The fourth-order valence-electron chi connectivity index (χ4n) is 1.17. The molecule has 0 saturated carbocycles. The number of hydrogen-bond acceptors (Lipinski definition) is 5. The highest BCUT2D eigenvalue weighted by atomic mass is 32.2. The summed E-state index contributed by atoms with van der Waals surface area (Å²) in [6.07, 6.45) is 0.862. The molecule has 0 unspecified atom stereocenters. The van der Waals surface area contributed by atoms with Crippen LogP contribution in [0.25, 0.3) is 0 Å². The van der Waals surface area contributed by atoms with Crippen LogP contribution in [0, 0.1) is 0 Å². The predicted octanol–water partition coefficient (Wildman–Crippen LogP) is -0.672. The van der Waals surface area contributed by atoms with Crippen molar-refractivity contribution >= 4 is 27.2 Å². The van der Waals surface area contributed by atoms with Gasteiger partial charge in [-0.05, 0) is 25.1 Å². The zero-order valence-corrected chi connectivity index (χ0v) is 8.66. The summed E-state index contributed by atoms with van der Waals surface area (Å²) in [7, 11) is -2.83. The molecule has 0 spiro atoms. The topological polar surface area (TPSA) is 81.4 Å². The molecule has 76 valence electrons. The molecule has 1 rings (SSSR count). The molecule has 1 heterocycles. The summed E-state index contributed by atoms with van der Waals surface area (Å²) >= 11 is 4.69. The van der Waals surface area contributed by atoms with Crippen molar-refractivity contribution in [3.63, 3.8) is 0 Å². The lowest BCUT2D eigenvalue weighted by Gasteiger charge is -2.22. The summed E-state index contributed by atoms with van der Waals surface area (Å²) < 4.78 is 27.2. The molecule has 1 aliphatic heterocycles. The summed E-state index contributed by atoms with van der Waals surface area (Å²) in [4.78, 5) is 0. The first-order valence-corrected chi connectivity index (χ1v) is 6.14. The number of nitrogens with one attached hydrogen (secondary N) is 1. The number of thiocarbonyl (C=S) groups is 1. The van der Waals surface area contributed by atoms with Crippen molar-refractivity contribution in [1.82, 2.24) is 5.43 Å². The van der Waals surface area contributed by atoms with Crippen LogP contribution in [0.1, 0.15) is 12.8 Å². The van der Waals surface area contributed by atoms with Crippen LogP contribution in [0.3, 0.4) is 0 Å². The monoisotopic (exact) mass is 224 g/mol. The fraction of sp³-hybridized carbons (Fsp3) is 0.833. The van der Waals surface area contributed by atoms with Crippen molar-refractivity contribution in [1.29, 1.82) is 0 Å². The lowest BCUT2D eigenvalue weighted by Crippen LogP contribution is -2.37. The molecular weight excluding hydrogens is 212 g/mol. The average molecular weight is 224 g/mol. The minimum absolute atomic E-state index is 0.115. The van der Waals surface area contributed by atoms with Crippen molar-refractivity contribution in [2.75, 3.05) is 11.5 Å². The van der Waals surface area contributed by atoms with Gasteiger partial charge in [-0.25, -0.2) is 14.3 Å². The number of hydrazine groups is 1. The third kappa shape index (κ3) is 3.45. The van der Waals surface area contributed by atoms with E-state index in [0.29, 0.717) is 12.8 Å². The Morgan fingerprint density at radius 3 is 2.46 bits per heavy atom. The van der Waals surface area contributed by atoms with Gasteiger partial charge in [-0.2, -0.15) is 0 Å². The van der Waals surface area contributed by atoms with Crippen LogP contribution >= 0.6 is 12.2 Å². The third-order valence-electron chi connectivity index (χ3n) is 1.89. The van der Waals surface area contributed by atoms with E-state index >= 15 is 0 Å². The summed E-state index contributed by atoms with van der Waals surface area (Å²) in [5, 5.41) is 0.115. The molecule has 7 heteroatoms. The van der Waals surface area contributed by atoms with Gasteiger partial charge in [0.05, 0.1) is 11.5 Å². The summed E-state index contributed by atoms with van der Waals surface area (Å²) in [6.45, 7) is 0. The second-order valence-corrected chi connectivity index (χ2v) is 5.58. The van der Waals surface area contributed by atoms with Crippen LogP contribution in [0.2, 0.25) is 0 Å². The molecule has 1 fully saturated rings. The second kappa shape index (κ2) is 4.21. The van der Waals surface area contributed by atoms with Crippen molar-refractivity contribution in [2.45, 2.75) is 18.9 Å². The lowest BCUT2D eigenvalue weighted by molar-refractivity contribution is 0.173. The summed E-state index contributed by atoms with van der Waals surface area (Å²) in [6, 6.07) is 0. The van der Waals surface area contributed by atoms with Crippen LogP contribution in [0.15, 0.2) is 0 Å². The van der Waals surface area contributed by atoms with Crippen molar-refractivity contribution in [2.24, 2.45) is 5.84 Å². The van der Waals surface area contributed by atoms with Gasteiger partial charge in [-0.15, -0.1) is 0 Å². The molecule has 0 aromatic rings. The molecule has 1 saturated heterocycles. The number of nitrogens with two attached hydrogens (primary N) is 1. The first kappa shape index (κ1) is 10.7. The Kier molecular flexibility index (Phi) is 3.46. The molecule has 13 heavy (non-hydrogen) atoms. The van der Waals surface area contributed by atoms with E-state index in [1.165, 1.54) is 0 Å². The number of rotatable bonds is 1. The van der Waals surface area contributed by atoms with Crippen molar-refractivity contribution in [3.8, 4) is 0 Å².